The molecule has 0 radical (unpaired) electrons. The number of aldehydes is 1. The van der Waals surface area contributed by atoms with Gasteiger partial charge in [-0.25, -0.2) is 0 Å². The molecule has 0 rings (SSSR count). The predicted molar refractivity (Wildman–Crippen MR) is 42.1 cm³/mol. The smallest absolute Gasteiger partial charge is 0.207 e. The fraction of sp³-hybridized carbons (Fsp3) is 0.667. The maximum absolute atomic E-state index is 10.2. The zero-order chi connectivity index (χ0) is 7.82. The van der Waals surface area contributed by atoms with Crippen molar-refractivity contribution in [2.75, 3.05) is 12.0 Å². The summed E-state index contributed by atoms with van der Waals surface area (Å²) in [4.78, 5) is 20.0. The molecule has 3 nitrogen and oxygen atoms in total. The quantitative estimate of drug-likeness (QED) is 0.560. The summed E-state index contributed by atoms with van der Waals surface area (Å²) >= 11 is 1.66. The van der Waals surface area contributed by atoms with Crippen LogP contribution in [0.25, 0.3) is 0 Å². The van der Waals surface area contributed by atoms with Gasteiger partial charge in [0.2, 0.25) is 6.41 Å². The van der Waals surface area contributed by atoms with Crippen molar-refractivity contribution in [3.05, 3.63) is 0 Å². The number of carbonyl (C=O) groups is 2. The third-order valence-electron chi connectivity index (χ3n) is 1.08. The van der Waals surface area contributed by atoms with Crippen molar-refractivity contribution < 1.29 is 9.59 Å². The molecule has 1 amide bonds. The van der Waals surface area contributed by atoms with Crippen molar-refractivity contribution in [1.82, 2.24) is 5.32 Å². The number of hydrogen-bond donors (Lipinski definition) is 1. The van der Waals surface area contributed by atoms with E-state index in [-0.39, 0.29) is 6.04 Å². The van der Waals surface area contributed by atoms with Gasteiger partial charge in [0.25, 0.3) is 0 Å². The Morgan fingerprint density at radius 1 is 1.60 bits per heavy atom. The standard InChI is InChI=1S/C6H11NO2S/c1-10-3-2-6(4-8)7-5-9/h4-6H,2-3H2,1H3,(H,7,9). The van der Waals surface area contributed by atoms with Gasteiger partial charge in [-0.1, -0.05) is 0 Å². The van der Waals surface area contributed by atoms with Crippen molar-refractivity contribution in [2.45, 2.75) is 12.5 Å². The normalized spacial score (nSPS) is 12.1. The minimum Gasteiger partial charge on any atom is -0.349 e. The van der Waals surface area contributed by atoms with Crippen LogP contribution in [0.15, 0.2) is 0 Å². The molecular formula is C6H11NO2S. The lowest BCUT2D eigenvalue weighted by molar-refractivity contribution is -0.115. The van der Waals surface area contributed by atoms with Gasteiger partial charge in [-0.2, -0.15) is 11.8 Å². The van der Waals surface area contributed by atoms with Crippen LogP contribution in [-0.4, -0.2) is 30.7 Å². The average molecular weight is 161 g/mol. The highest BCUT2D eigenvalue weighted by Crippen LogP contribution is 1.97. The molecule has 0 spiro atoms. The minimum atomic E-state index is -0.301. The molecule has 0 aromatic heterocycles. The van der Waals surface area contributed by atoms with Gasteiger partial charge in [0.05, 0.1) is 6.04 Å². The van der Waals surface area contributed by atoms with E-state index in [4.69, 9.17) is 0 Å². The van der Waals surface area contributed by atoms with E-state index in [1.54, 1.807) is 11.8 Å². The molecule has 4 heteroatoms. The Labute approximate surface area is 64.6 Å². The Kier molecular flexibility index (Phi) is 6.27. The lowest BCUT2D eigenvalue weighted by atomic mass is 10.3. The number of thioether (sulfide) groups is 1. The minimum absolute atomic E-state index is 0.301. The highest BCUT2D eigenvalue weighted by molar-refractivity contribution is 7.98. The van der Waals surface area contributed by atoms with E-state index >= 15 is 0 Å². The first kappa shape index (κ1) is 9.49. The van der Waals surface area contributed by atoms with E-state index in [2.05, 4.69) is 5.32 Å². The predicted octanol–water partition coefficient (Wildman–Crippen LogP) is 0.0530. The fourth-order valence-corrected chi connectivity index (χ4v) is 1.01. The Hall–Kier alpha value is -0.510. The molecule has 1 atom stereocenters. The zero-order valence-electron chi connectivity index (χ0n) is 5.87. The second-order valence-electron chi connectivity index (χ2n) is 1.81. The van der Waals surface area contributed by atoms with Gasteiger partial charge >= 0.3 is 0 Å². The maximum atomic E-state index is 10.2. The second kappa shape index (κ2) is 6.61. The van der Waals surface area contributed by atoms with E-state index in [0.717, 1.165) is 12.0 Å². The van der Waals surface area contributed by atoms with Crippen LogP contribution < -0.4 is 5.32 Å². The first-order valence-electron chi connectivity index (χ1n) is 2.99. The van der Waals surface area contributed by atoms with Crippen LogP contribution in [0.1, 0.15) is 6.42 Å². The highest BCUT2D eigenvalue weighted by atomic mass is 32.2. The lowest BCUT2D eigenvalue weighted by Crippen LogP contribution is -2.29. The molecule has 0 aromatic carbocycles. The summed E-state index contributed by atoms with van der Waals surface area (Å²) in [5.74, 6) is 0.893. The fourth-order valence-electron chi connectivity index (χ4n) is 0.523. The lowest BCUT2D eigenvalue weighted by Gasteiger charge is -2.05. The number of hydrogen-bond acceptors (Lipinski definition) is 3. The first-order valence-corrected chi connectivity index (χ1v) is 4.38. The maximum Gasteiger partial charge on any atom is 0.207 e. The molecule has 0 heterocycles. The monoisotopic (exact) mass is 161 g/mol. The van der Waals surface area contributed by atoms with E-state index < -0.39 is 0 Å². The van der Waals surface area contributed by atoms with Crippen LogP contribution >= 0.6 is 11.8 Å². The second-order valence-corrected chi connectivity index (χ2v) is 2.79. The van der Waals surface area contributed by atoms with Crippen LogP contribution in [0.4, 0.5) is 0 Å². The van der Waals surface area contributed by atoms with Crippen molar-refractivity contribution in [1.29, 1.82) is 0 Å². The zero-order valence-corrected chi connectivity index (χ0v) is 6.69. The summed E-state index contributed by atoms with van der Waals surface area (Å²) in [6.07, 6.45) is 3.98. The molecule has 0 aliphatic carbocycles. The molecule has 58 valence electrons. The third kappa shape index (κ3) is 4.38. The van der Waals surface area contributed by atoms with Crippen molar-refractivity contribution >= 4 is 24.5 Å². The van der Waals surface area contributed by atoms with E-state index in [1.807, 2.05) is 6.26 Å². The Balaban J connectivity index is 3.38. The van der Waals surface area contributed by atoms with Crippen molar-refractivity contribution in [3.63, 3.8) is 0 Å². The molecular weight excluding hydrogens is 150 g/mol. The molecule has 10 heavy (non-hydrogen) atoms. The van der Waals surface area contributed by atoms with Gasteiger partial charge in [-0.05, 0) is 18.4 Å². The number of nitrogens with one attached hydrogen (secondary N) is 1. The summed E-state index contributed by atoms with van der Waals surface area (Å²) < 4.78 is 0. The Morgan fingerprint density at radius 3 is 2.70 bits per heavy atom. The molecule has 0 saturated carbocycles. The summed E-state index contributed by atoms with van der Waals surface area (Å²) in [5, 5.41) is 2.41. The third-order valence-corrected chi connectivity index (χ3v) is 1.72. The summed E-state index contributed by atoms with van der Waals surface area (Å²) in [6, 6.07) is -0.301. The molecule has 0 aliphatic rings. The molecule has 0 aromatic rings. The van der Waals surface area contributed by atoms with Gasteiger partial charge < -0.3 is 10.1 Å². The van der Waals surface area contributed by atoms with Crippen LogP contribution in [0.5, 0.6) is 0 Å². The van der Waals surface area contributed by atoms with Crippen LogP contribution in [0.2, 0.25) is 0 Å². The van der Waals surface area contributed by atoms with Gasteiger partial charge in [-0.15, -0.1) is 0 Å². The average Bonchev–Trinajstić information content (AvgIpc) is 1.98. The van der Waals surface area contributed by atoms with Crippen LogP contribution in [-0.2, 0) is 9.59 Å². The Morgan fingerprint density at radius 2 is 2.30 bits per heavy atom. The molecule has 0 aliphatic heterocycles. The van der Waals surface area contributed by atoms with E-state index in [9.17, 15) is 9.59 Å². The van der Waals surface area contributed by atoms with Crippen molar-refractivity contribution in [3.8, 4) is 0 Å². The largest absolute Gasteiger partial charge is 0.349 e. The summed E-state index contributed by atoms with van der Waals surface area (Å²) in [7, 11) is 0. The van der Waals surface area contributed by atoms with E-state index in [0.29, 0.717) is 12.8 Å². The molecule has 1 unspecified atom stereocenters. The SMILES string of the molecule is CSCCC(C=O)NC=O. The molecule has 0 saturated heterocycles. The molecule has 0 bridgehead atoms. The van der Waals surface area contributed by atoms with Gasteiger partial charge in [-0.3, -0.25) is 4.79 Å². The Bertz CT molecular complexity index is 108. The first-order chi connectivity index (χ1) is 4.85. The van der Waals surface area contributed by atoms with Gasteiger partial charge in [0, 0.05) is 0 Å². The molecule has 1 N–H and O–H groups in total. The van der Waals surface area contributed by atoms with Crippen LogP contribution in [0, 0.1) is 0 Å². The molecule has 0 fully saturated rings. The van der Waals surface area contributed by atoms with E-state index in [1.165, 1.54) is 0 Å². The number of carbonyl (C=O) groups excluding carboxylic acids is 2. The topological polar surface area (TPSA) is 46.2 Å². The van der Waals surface area contributed by atoms with Gasteiger partial charge in [0.1, 0.15) is 6.29 Å². The van der Waals surface area contributed by atoms with Gasteiger partial charge in [0.15, 0.2) is 0 Å². The highest BCUT2D eigenvalue weighted by Gasteiger charge is 2.02. The summed E-state index contributed by atoms with van der Waals surface area (Å²) in [5.41, 5.74) is 0. The van der Waals surface area contributed by atoms with Crippen molar-refractivity contribution in [2.24, 2.45) is 0 Å². The van der Waals surface area contributed by atoms with Crippen LogP contribution in [0.3, 0.4) is 0 Å². The summed E-state index contributed by atoms with van der Waals surface area (Å²) in [6.45, 7) is 0. The number of amides is 1. The number of rotatable bonds is 6.